The van der Waals surface area contributed by atoms with Gasteiger partial charge in [-0.15, -0.1) is 0 Å². The van der Waals surface area contributed by atoms with E-state index in [1.165, 1.54) is 0 Å². The highest BCUT2D eigenvalue weighted by atomic mass is 16.6. The Hall–Kier alpha value is -3.12. The SMILES string of the molecule is CC(Nc1ccccc1C(=O)NOCc1ccccc1)c1ncc[nH]1. The number of hydroxylamine groups is 1. The molecule has 1 heterocycles. The summed E-state index contributed by atoms with van der Waals surface area (Å²) >= 11 is 0. The number of nitrogens with zero attached hydrogens (tertiary/aromatic N) is 1. The van der Waals surface area contributed by atoms with Crippen molar-refractivity contribution in [2.24, 2.45) is 0 Å². The number of nitrogens with one attached hydrogen (secondary N) is 3. The second-order valence-electron chi connectivity index (χ2n) is 5.59. The molecular weight excluding hydrogens is 316 g/mol. The molecule has 1 aromatic heterocycles. The number of rotatable bonds is 7. The van der Waals surface area contributed by atoms with Gasteiger partial charge in [0.2, 0.25) is 0 Å². The fraction of sp³-hybridized carbons (Fsp3) is 0.158. The zero-order chi connectivity index (χ0) is 17.5. The highest BCUT2D eigenvalue weighted by Gasteiger charge is 2.14. The van der Waals surface area contributed by atoms with Crippen molar-refractivity contribution >= 4 is 11.6 Å². The Balaban J connectivity index is 1.62. The van der Waals surface area contributed by atoms with Gasteiger partial charge >= 0.3 is 0 Å². The van der Waals surface area contributed by atoms with E-state index in [0.29, 0.717) is 17.9 Å². The number of H-pyrrole nitrogens is 1. The van der Waals surface area contributed by atoms with Crippen LogP contribution >= 0.6 is 0 Å². The van der Waals surface area contributed by atoms with Crippen molar-refractivity contribution in [3.63, 3.8) is 0 Å². The number of benzene rings is 2. The number of hydrogen-bond donors (Lipinski definition) is 3. The predicted octanol–water partition coefficient (Wildman–Crippen LogP) is 3.44. The summed E-state index contributed by atoms with van der Waals surface area (Å²) in [4.78, 5) is 25.0. The largest absolute Gasteiger partial charge is 0.375 e. The van der Waals surface area contributed by atoms with E-state index in [0.717, 1.165) is 11.4 Å². The van der Waals surface area contributed by atoms with E-state index < -0.39 is 0 Å². The zero-order valence-corrected chi connectivity index (χ0v) is 13.9. The molecule has 0 saturated heterocycles. The van der Waals surface area contributed by atoms with Crippen molar-refractivity contribution in [2.75, 3.05) is 5.32 Å². The molecule has 0 aliphatic carbocycles. The quantitative estimate of drug-likeness (QED) is 0.578. The van der Waals surface area contributed by atoms with Crippen LogP contribution in [0.1, 0.15) is 34.7 Å². The maximum absolute atomic E-state index is 12.4. The first-order valence-corrected chi connectivity index (χ1v) is 8.05. The molecule has 1 amide bonds. The number of amides is 1. The van der Waals surface area contributed by atoms with Crippen LogP contribution in [0.25, 0.3) is 0 Å². The minimum atomic E-state index is -0.300. The van der Waals surface area contributed by atoms with Gasteiger partial charge in [-0.1, -0.05) is 42.5 Å². The van der Waals surface area contributed by atoms with Crippen LogP contribution in [-0.4, -0.2) is 15.9 Å². The van der Waals surface area contributed by atoms with E-state index in [9.17, 15) is 4.79 Å². The molecule has 1 atom stereocenters. The second-order valence-corrected chi connectivity index (χ2v) is 5.59. The number of aromatic nitrogens is 2. The van der Waals surface area contributed by atoms with Gasteiger partial charge in [0.15, 0.2) is 0 Å². The molecule has 3 aromatic rings. The third kappa shape index (κ3) is 4.45. The number of para-hydroxylation sites is 1. The van der Waals surface area contributed by atoms with Gasteiger partial charge < -0.3 is 10.3 Å². The first kappa shape index (κ1) is 16.7. The lowest BCUT2D eigenvalue weighted by Gasteiger charge is -2.16. The number of anilines is 1. The topological polar surface area (TPSA) is 79.0 Å². The summed E-state index contributed by atoms with van der Waals surface area (Å²) in [5.41, 5.74) is 4.70. The van der Waals surface area contributed by atoms with Crippen LogP contribution in [-0.2, 0) is 11.4 Å². The second kappa shape index (κ2) is 8.12. The lowest BCUT2D eigenvalue weighted by molar-refractivity contribution is 0.0234. The maximum atomic E-state index is 12.4. The lowest BCUT2D eigenvalue weighted by atomic mass is 10.1. The molecule has 0 aliphatic heterocycles. The number of hydrogen-bond acceptors (Lipinski definition) is 4. The third-order valence-corrected chi connectivity index (χ3v) is 3.72. The van der Waals surface area contributed by atoms with Crippen LogP contribution in [0.3, 0.4) is 0 Å². The first-order chi connectivity index (χ1) is 12.2. The molecule has 6 heteroatoms. The van der Waals surface area contributed by atoms with E-state index in [1.54, 1.807) is 18.5 Å². The molecule has 25 heavy (non-hydrogen) atoms. The summed E-state index contributed by atoms with van der Waals surface area (Å²) in [6, 6.07) is 16.9. The van der Waals surface area contributed by atoms with Crippen molar-refractivity contribution in [3.05, 3.63) is 83.9 Å². The van der Waals surface area contributed by atoms with Crippen LogP contribution < -0.4 is 10.8 Å². The minimum absolute atomic E-state index is 0.0609. The van der Waals surface area contributed by atoms with E-state index in [1.807, 2.05) is 55.5 Å². The number of aromatic amines is 1. The predicted molar refractivity (Wildman–Crippen MR) is 95.8 cm³/mol. The van der Waals surface area contributed by atoms with Crippen molar-refractivity contribution in [3.8, 4) is 0 Å². The van der Waals surface area contributed by atoms with Gasteiger partial charge in [0.1, 0.15) is 5.82 Å². The molecule has 3 N–H and O–H groups in total. The van der Waals surface area contributed by atoms with Crippen LogP contribution in [0.15, 0.2) is 67.0 Å². The van der Waals surface area contributed by atoms with E-state index in [-0.39, 0.29) is 11.9 Å². The summed E-state index contributed by atoms with van der Waals surface area (Å²) in [7, 11) is 0. The third-order valence-electron chi connectivity index (χ3n) is 3.72. The zero-order valence-electron chi connectivity index (χ0n) is 13.9. The fourth-order valence-corrected chi connectivity index (χ4v) is 2.44. The van der Waals surface area contributed by atoms with Gasteiger partial charge in [0.05, 0.1) is 18.2 Å². The summed E-state index contributed by atoms with van der Waals surface area (Å²) in [5.74, 6) is 0.501. The molecule has 0 radical (unpaired) electrons. The molecule has 0 fully saturated rings. The maximum Gasteiger partial charge on any atom is 0.276 e. The molecule has 3 rings (SSSR count). The van der Waals surface area contributed by atoms with Crippen molar-refractivity contribution in [1.29, 1.82) is 0 Å². The first-order valence-electron chi connectivity index (χ1n) is 8.05. The average Bonchev–Trinajstić information content (AvgIpc) is 3.18. The number of carbonyl (C=O) groups is 1. The van der Waals surface area contributed by atoms with E-state index in [2.05, 4.69) is 20.8 Å². The Morgan fingerprint density at radius 1 is 1.16 bits per heavy atom. The molecule has 0 saturated carbocycles. The van der Waals surface area contributed by atoms with Crippen molar-refractivity contribution in [2.45, 2.75) is 19.6 Å². The molecule has 1 unspecified atom stereocenters. The number of carbonyl (C=O) groups excluding carboxylic acids is 1. The van der Waals surface area contributed by atoms with Gasteiger partial charge in [0.25, 0.3) is 5.91 Å². The molecular formula is C19H20N4O2. The van der Waals surface area contributed by atoms with Crippen LogP contribution in [0, 0.1) is 0 Å². The Morgan fingerprint density at radius 2 is 1.92 bits per heavy atom. The molecule has 2 aromatic carbocycles. The summed E-state index contributed by atoms with van der Waals surface area (Å²) < 4.78 is 0. The van der Waals surface area contributed by atoms with E-state index >= 15 is 0 Å². The Kier molecular flexibility index (Phi) is 5.43. The summed E-state index contributed by atoms with van der Waals surface area (Å²) in [6.07, 6.45) is 3.47. The molecule has 0 spiro atoms. The summed E-state index contributed by atoms with van der Waals surface area (Å²) in [6.45, 7) is 2.28. The Bertz CT molecular complexity index is 803. The standard InChI is InChI=1S/C19H20N4O2/c1-14(18-20-11-12-21-18)22-17-10-6-5-9-16(17)19(24)23-25-13-15-7-3-2-4-8-15/h2-12,14,22H,13H2,1H3,(H,20,21)(H,23,24). The van der Waals surface area contributed by atoms with Crippen LogP contribution in [0.2, 0.25) is 0 Å². The van der Waals surface area contributed by atoms with Gasteiger partial charge in [-0.3, -0.25) is 9.63 Å². The van der Waals surface area contributed by atoms with Crippen LogP contribution in [0.4, 0.5) is 5.69 Å². The average molecular weight is 336 g/mol. The number of imidazole rings is 1. The van der Waals surface area contributed by atoms with Gasteiger partial charge in [-0.05, 0) is 24.6 Å². The highest BCUT2D eigenvalue weighted by molar-refractivity contribution is 5.99. The molecule has 128 valence electrons. The van der Waals surface area contributed by atoms with Crippen molar-refractivity contribution in [1.82, 2.24) is 15.4 Å². The fourth-order valence-electron chi connectivity index (χ4n) is 2.44. The molecule has 0 aliphatic rings. The lowest BCUT2D eigenvalue weighted by Crippen LogP contribution is -2.25. The minimum Gasteiger partial charge on any atom is -0.375 e. The van der Waals surface area contributed by atoms with Gasteiger partial charge in [-0.2, -0.15) is 0 Å². The van der Waals surface area contributed by atoms with Gasteiger partial charge in [0, 0.05) is 18.1 Å². The van der Waals surface area contributed by atoms with Crippen LogP contribution in [0.5, 0.6) is 0 Å². The van der Waals surface area contributed by atoms with E-state index in [4.69, 9.17) is 4.84 Å². The molecule has 0 bridgehead atoms. The van der Waals surface area contributed by atoms with Crippen molar-refractivity contribution < 1.29 is 9.63 Å². The summed E-state index contributed by atoms with van der Waals surface area (Å²) in [5, 5.41) is 3.29. The molecule has 6 nitrogen and oxygen atoms in total. The smallest absolute Gasteiger partial charge is 0.276 e. The Morgan fingerprint density at radius 3 is 2.68 bits per heavy atom. The Labute approximate surface area is 146 Å². The normalized spacial score (nSPS) is 11.7. The van der Waals surface area contributed by atoms with Gasteiger partial charge in [-0.25, -0.2) is 10.5 Å². The monoisotopic (exact) mass is 336 g/mol. The highest BCUT2D eigenvalue weighted by Crippen LogP contribution is 2.20.